The quantitative estimate of drug-likeness (QED) is 0.641. The highest BCUT2D eigenvalue weighted by Gasteiger charge is 2.11. The summed E-state index contributed by atoms with van der Waals surface area (Å²) < 4.78 is 0. The predicted octanol–water partition coefficient (Wildman–Crippen LogP) is 0.198. The van der Waals surface area contributed by atoms with Gasteiger partial charge in [0.05, 0.1) is 6.54 Å². The molecule has 0 aromatic rings. The van der Waals surface area contributed by atoms with E-state index in [-0.39, 0.29) is 5.91 Å². The van der Waals surface area contributed by atoms with Crippen LogP contribution in [0.5, 0.6) is 0 Å². The van der Waals surface area contributed by atoms with Crippen molar-refractivity contribution >= 4 is 5.91 Å². The van der Waals surface area contributed by atoms with Crippen molar-refractivity contribution in [1.29, 1.82) is 0 Å². The molecule has 0 radical (unpaired) electrons. The summed E-state index contributed by atoms with van der Waals surface area (Å²) in [5.74, 6) is 0.172. The van der Waals surface area contributed by atoms with Crippen molar-refractivity contribution < 1.29 is 4.79 Å². The van der Waals surface area contributed by atoms with Gasteiger partial charge < -0.3 is 10.6 Å². The maximum absolute atomic E-state index is 11.5. The lowest BCUT2D eigenvalue weighted by Gasteiger charge is -2.18. The molecule has 4 nitrogen and oxygen atoms in total. The van der Waals surface area contributed by atoms with Crippen molar-refractivity contribution in [1.82, 2.24) is 15.5 Å². The molecule has 1 aliphatic heterocycles. The summed E-state index contributed by atoms with van der Waals surface area (Å²) in [4.78, 5) is 13.7. The Morgan fingerprint density at radius 3 is 3.07 bits per heavy atom. The largest absolute Gasteiger partial charge is 0.355 e. The molecule has 0 atom stereocenters. The molecule has 0 aromatic carbocycles. The lowest BCUT2D eigenvalue weighted by atomic mass is 10.3. The third-order valence-electron chi connectivity index (χ3n) is 2.65. The minimum atomic E-state index is 0.172. The van der Waals surface area contributed by atoms with E-state index in [4.69, 9.17) is 0 Å². The van der Waals surface area contributed by atoms with Crippen LogP contribution in [-0.2, 0) is 4.79 Å². The standard InChI is InChI=1S/C11H23N3O/c1-2-3-6-13-11(15)10-14-8-4-5-12-7-9-14/h12H,2-10H2,1H3,(H,13,15). The van der Waals surface area contributed by atoms with E-state index in [1.807, 2.05) is 0 Å². The molecule has 0 aromatic heterocycles. The molecule has 1 amide bonds. The molecule has 4 heteroatoms. The van der Waals surface area contributed by atoms with Crippen molar-refractivity contribution in [2.45, 2.75) is 26.2 Å². The van der Waals surface area contributed by atoms with Crippen LogP contribution in [0.2, 0.25) is 0 Å². The van der Waals surface area contributed by atoms with E-state index in [2.05, 4.69) is 22.5 Å². The molecule has 0 unspecified atom stereocenters. The van der Waals surface area contributed by atoms with Gasteiger partial charge in [0.2, 0.25) is 5.91 Å². The summed E-state index contributed by atoms with van der Waals surface area (Å²) in [7, 11) is 0. The zero-order valence-electron chi connectivity index (χ0n) is 9.72. The Morgan fingerprint density at radius 2 is 2.27 bits per heavy atom. The van der Waals surface area contributed by atoms with Gasteiger partial charge in [-0.25, -0.2) is 0 Å². The molecule has 0 spiro atoms. The SMILES string of the molecule is CCCCNC(=O)CN1CCCNCC1. The van der Waals surface area contributed by atoms with E-state index in [9.17, 15) is 4.79 Å². The monoisotopic (exact) mass is 213 g/mol. The summed E-state index contributed by atoms with van der Waals surface area (Å²) in [6.45, 7) is 7.62. The topological polar surface area (TPSA) is 44.4 Å². The minimum Gasteiger partial charge on any atom is -0.355 e. The number of carbonyl (C=O) groups is 1. The predicted molar refractivity (Wildman–Crippen MR) is 61.8 cm³/mol. The lowest BCUT2D eigenvalue weighted by Crippen LogP contribution is -2.39. The van der Waals surface area contributed by atoms with Gasteiger partial charge in [-0.15, -0.1) is 0 Å². The van der Waals surface area contributed by atoms with Gasteiger partial charge in [0.1, 0.15) is 0 Å². The number of nitrogens with zero attached hydrogens (tertiary/aromatic N) is 1. The second-order valence-electron chi connectivity index (χ2n) is 4.08. The molecule has 1 rings (SSSR count). The van der Waals surface area contributed by atoms with E-state index in [0.29, 0.717) is 6.54 Å². The number of hydrogen-bond donors (Lipinski definition) is 2. The van der Waals surface area contributed by atoms with E-state index in [1.165, 1.54) is 0 Å². The van der Waals surface area contributed by atoms with Crippen LogP contribution in [-0.4, -0.2) is 50.1 Å². The first-order valence-corrected chi connectivity index (χ1v) is 6.02. The van der Waals surface area contributed by atoms with Crippen LogP contribution in [0.4, 0.5) is 0 Å². The summed E-state index contributed by atoms with van der Waals surface area (Å²) >= 11 is 0. The van der Waals surface area contributed by atoms with Crippen LogP contribution in [0, 0.1) is 0 Å². The first kappa shape index (κ1) is 12.5. The molecular formula is C11H23N3O. The van der Waals surface area contributed by atoms with Crippen molar-refractivity contribution in [3.63, 3.8) is 0 Å². The molecular weight excluding hydrogens is 190 g/mol. The van der Waals surface area contributed by atoms with Crippen molar-refractivity contribution in [3.8, 4) is 0 Å². The number of rotatable bonds is 5. The van der Waals surface area contributed by atoms with Crippen molar-refractivity contribution in [3.05, 3.63) is 0 Å². The molecule has 88 valence electrons. The van der Waals surface area contributed by atoms with E-state index >= 15 is 0 Å². The number of carbonyl (C=O) groups excluding carboxylic acids is 1. The molecule has 1 heterocycles. The van der Waals surface area contributed by atoms with Crippen LogP contribution in [0.1, 0.15) is 26.2 Å². The second kappa shape index (κ2) is 7.65. The zero-order chi connectivity index (χ0) is 10.9. The first-order valence-electron chi connectivity index (χ1n) is 6.02. The Morgan fingerprint density at radius 1 is 1.40 bits per heavy atom. The van der Waals surface area contributed by atoms with Gasteiger partial charge in [0.25, 0.3) is 0 Å². The Bertz CT molecular complexity index is 177. The third kappa shape index (κ3) is 5.74. The van der Waals surface area contributed by atoms with Gasteiger partial charge in [0.15, 0.2) is 0 Å². The molecule has 1 saturated heterocycles. The van der Waals surface area contributed by atoms with Gasteiger partial charge in [-0.1, -0.05) is 13.3 Å². The fraction of sp³-hybridized carbons (Fsp3) is 0.909. The molecule has 0 saturated carbocycles. The van der Waals surface area contributed by atoms with Gasteiger partial charge in [0, 0.05) is 19.6 Å². The van der Waals surface area contributed by atoms with E-state index < -0.39 is 0 Å². The first-order chi connectivity index (χ1) is 7.33. The fourth-order valence-corrected chi connectivity index (χ4v) is 1.72. The van der Waals surface area contributed by atoms with Crippen LogP contribution in [0.25, 0.3) is 0 Å². The molecule has 1 aliphatic rings. The van der Waals surface area contributed by atoms with Crippen LogP contribution in [0.15, 0.2) is 0 Å². The summed E-state index contributed by atoms with van der Waals surface area (Å²) in [5.41, 5.74) is 0. The highest BCUT2D eigenvalue weighted by atomic mass is 16.2. The van der Waals surface area contributed by atoms with Crippen LogP contribution < -0.4 is 10.6 Å². The average molecular weight is 213 g/mol. The van der Waals surface area contributed by atoms with Crippen LogP contribution >= 0.6 is 0 Å². The maximum Gasteiger partial charge on any atom is 0.234 e. The fourth-order valence-electron chi connectivity index (χ4n) is 1.72. The van der Waals surface area contributed by atoms with E-state index in [1.54, 1.807) is 0 Å². The lowest BCUT2D eigenvalue weighted by molar-refractivity contribution is -0.122. The van der Waals surface area contributed by atoms with Gasteiger partial charge >= 0.3 is 0 Å². The van der Waals surface area contributed by atoms with Crippen molar-refractivity contribution in [2.24, 2.45) is 0 Å². The van der Waals surface area contributed by atoms with Gasteiger partial charge in [-0.05, 0) is 25.9 Å². The average Bonchev–Trinajstić information content (AvgIpc) is 2.47. The van der Waals surface area contributed by atoms with Crippen LogP contribution in [0.3, 0.4) is 0 Å². The molecule has 1 fully saturated rings. The third-order valence-corrected chi connectivity index (χ3v) is 2.65. The summed E-state index contributed by atoms with van der Waals surface area (Å²) in [6, 6.07) is 0. The number of amides is 1. The summed E-state index contributed by atoms with van der Waals surface area (Å²) in [5, 5.41) is 6.28. The minimum absolute atomic E-state index is 0.172. The van der Waals surface area contributed by atoms with Gasteiger partial charge in [-0.3, -0.25) is 9.69 Å². The molecule has 2 N–H and O–H groups in total. The molecule has 0 bridgehead atoms. The Hall–Kier alpha value is -0.610. The second-order valence-corrected chi connectivity index (χ2v) is 4.08. The van der Waals surface area contributed by atoms with E-state index in [0.717, 1.165) is 52.0 Å². The number of nitrogens with one attached hydrogen (secondary N) is 2. The smallest absolute Gasteiger partial charge is 0.234 e. The highest BCUT2D eigenvalue weighted by Crippen LogP contribution is 1.94. The Balaban J connectivity index is 2.12. The number of unbranched alkanes of at least 4 members (excludes halogenated alkanes) is 1. The normalized spacial score (nSPS) is 18.5. The Labute approximate surface area is 92.4 Å². The molecule has 15 heavy (non-hydrogen) atoms. The highest BCUT2D eigenvalue weighted by molar-refractivity contribution is 5.77. The number of hydrogen-bond acceptors (Lipinski definition) is 3. The zero-order valence-corrected chi connectivity index (χ0v) is 9.72. The maximum atomic E-state index is 11.5. The van der Waals surface area contributed by atoms with Crippen molar-refractivity contribution in [2.75, 3.05) is 39.3 Å². The van der Waals surface area contributed by atoms with Gasteiger partial charge in [-0.2, -0.15) is 0 Å². The molecule has 0 aliphatic carbocycles. The Kier molecular flexibility index (Phi) is 6.36. The summed E-state index contributed by atoms with van der Waals surface area (Å²) in [6.07, 6.45) is 3.35.